The molecule has 4 heteroatoms. The number of rotatable bonds is 7. The van der Waals surface area contributed by atoms with Gasteiger partial charge in [-0.3, -0.25) is 0 Å². The molecule has 1 aromatic heterocycles. The molecule has 1 aliphatic rings. The molecular formula is C28H36N2O2. The van der Waals surface area contributed by atoms with Crippen LogP contribution in [0, 0.1) is 17.8 Å². The van der Waals surface area contributed by atoms with Gasteiger partial charge in [0.05, 0.1) is 11.0 Å². The highest BCUT2D eigenvalue weighted by atomic mass is 16.5. The SMILES string of the molecule is CCc1nc2ccccc2n1[C@H](Cc1ccccc1)C(=O)O[C@@H]1CC(C)CCC1C(C)C. The molecule has 1 fully saturated rings. The number of ether oxygens (including phenoxy) is 1. The van der Waals surface area contributed by atoms with Gasteiger partial charge in [-0.15, -0.1) is 0 Å². The topological polar surface area (TPSA) is 44.1 Å². The number of carbonyl (C=O) groups is 1. The second kappa shape index (κ2) is 9.89. The smallest absolute Gasteiger partial charge is 0.329 e. The fraction of sp³-hybridized carbons (Fsp3) is 0.500. The van der Waals surface area contributed by atoms with Crippen LogP contribution in [0.5, 0.6) is 0 Å². The quantitative estimate of drug-likeness (QED) is 0.407. The second-order valence-corrected chi connectivity index (χ2v) is 9.75. The lowest BCUT2D eigenvalue weighted by Gasteiger charge is -2.37. The minimum atomic E-state index is -0.426. The van der Waals surface area contributed by atoms with Crippen molar-refractivity contribution in [1.82, 2.24) is 9.55 Å². The van der Waals surface area contributed by atoms with Crippen LogP contribution in [0.3, 0.4) is 0 Å². The van der Waals surface area contributed by atoms with Gasteiger partial charge in [-0.25, -0.2) is 9.78 Å². The van der Waals surface area contributed by atoms with Crippen LogP contribution in [-0.2, 0) is 22.4 Å². The van der Waals surface area contributed by atoms with Crippen molar-refractivity contribution >= 4 is 17.0 Å². The molecule has 1 heterocycles. The summed E-state index contributed by atoms with van der Waals surface area (Å²) in [5.74, 6) is 2.33. The van der Waals surface area contributed by atoms with Gasteiger partial charge in [-0.1, -0.05) is 76.6 Å². The average molecular weight is 433 g/mol. The average Bonchev–Trinajstić information content (AvgIpc) is 3.16. The van der Waals surface area contributed by atoms with Gasteiger partial charge < -0.3 is 9.30 Å². The van der Waals surface area contributed by atoms with Crippen LogP contribution < -0.4 is 0 Å². The summed E-state index contributed by atoms with van der Waals surface area (Å²) in [7, 11) is 0. The summed E-state index contributed by atoms with van der Waals surface area (Å²) in [5, 5.41) is 0. The number of aryl methyl sites for hydroxylation is 1. The van der Waals surface area contributed by atoms with E-state index in [1.165, 1.54) is 6.42 Å². The molecule has 0 bridgehead atoms. The van der Waals surface area contributed by atoms with Crippen molar-refractivity contribution in [3.05, 3.63) is 66.0 Å². The van der Waals surface area contributed by atoms with Crippen LogP contribution >= 0.6 is 0 Å². The van der Waals surface area contributed by atoms with Gasteiger partial charge in [-0.05, 0) is 48.3 Å². The molecule has 0 N–H and O–H groups in total. The number of fused-ring (bicyclic) bond motifs is 1. The first-order valence-corrected chi connectivity index (χ1v) is 12.2. The summed E-state index contributed by atoms with van der Waals surface area (Å²) in [4.78, 5) is 18.7. The molecule has 0 amide bonds. The van der Waals surface area contributed by atoms with E-state index in [0.29, 0.717) is 24.2 Å². The number of imidazole rings is 1. The van der Waals surface area contributed by atoms with E-state index in [1.54, 1.807) is 0 Å². The molecular weight excluding hydrogens is 396 g/mol. The monoisotopic (exact) mass is 432 g/mol. The Kier molecular flexibility index (Phi) is 6.98. The molecule has 4 atom stereocenters. The normalized spacial score (nSPS) is 22.2. The molecule has 4 rings (SSSR count). The van der Waals surface area contributed by atoms with Crippen molar-refractivity contribution in [2.45, 2.75) is 71.9 Å². The molecule has 0 saturated heterocycles. The lowest BCUT2D eigenvalue weighted by Crippen LogP contribution is -2.38. The third-order valence-electron chi connectivity index (χ3n) is 7.07. The maximum atomic E-state index is 13.8. The lowest BCUT2D eigenvalue weighted by atomic mass is 9.75. The molecule has 0 spiro atoms. The fourth-order valence-corrected chi connectivity index (χ4v) is 5.29. The minimum Gasteiger partial charge on any atom is -0.461 e. The van der Waals surface area contributed by atoms with Gasteiger partial charge in [0.15, 0.2) is 0 Å². The second-order valence-electron chi connectivity index (χ2n) is 9.75. The Morgan fingerprint density at radius 1 is 1.09 bits per heavy atom. The molecule has 0 aliphatic heterocycles. The van der Waals surface area contributed by atoms with Crippen LogP contribution in [0.1, 0.15) is 64.4 Å². The summed E-state index contributed by atoms with van der Waals surface area (Å²) in [5.41, 5.74) is 3.06. The maximum absolute atomic E-state index is 13.8. The zero-order chi connectivity index (χ0) is 22.7. The predicted octanol–water partition coefficient (Wildman–Crippen LogP) is 6.39. The summed E-state index contributed by atoms with van der Waals surface area (Å²) >= 11 is 0. The molecule has 2 aromatic carbocycles. The summed E-state index contributed by atoms with van der Waals surface area (Å²) < 4.78 is 8.48. The van der Waals surface area contributed by atoms with Crippen LogP contribution in [0.2, 0.25) is 0 Å². The van der Waals surface area contributed by atoms with E-state index in [1.807, 2.05) is 36.4 Å². The Labute approximate surface area is 192 Å². The van der Waals surface area contributed by atoms with Crippen molar-refractivity contribution in [2.24, 2.45) is 17.8 Å². The fourth-order valence-electron chi connectivity index (χ4n) is 5.29. The zero-order valence-electron chi connectivity index (χ0n) is 19.8. The Morgan fingerprint density at radius 3 is 2.53 bits per heavy atom. The number of para-hydroxylation sites is 2. The largest absolute Gasteiger partial charge is 0.461 e. The number of aromatic nitrogens is 2. The van der Waals surface area contributed by atoms with Gasteiger partial charge in [0.25, 0.3) is 0 Å². The highest BCUT2D eigenvalue weighted by Crippen LogP contribution is 2.36. The van der Waals surface area contributed by atoms with E-state index < -0.39 is 6.04 Å². The third-order valence-corrected chi connectivity index (χ3v) is 7.07. The number of nitrogens with zero attached hydrogens (tertiary/aromatic N) is 2. The van der Waals surface area contributed by atoms with Crippen molar-refractivity contribution in [2.75, 3.05) is 0 Å². The number of hydrogen-bond acceptors (Lipinski definition) is 3. The molecule has 32 heavy (non-hydrogen) atoms. The maximum Gasteiger partial charge on any atom is 0.329 e. The summed E-state index contributed by atoms with van der Waals surface area (Å²) in [6.07, 6.45) is 4.66. The van der Waals surface area contributed by atoms with E-state index in [2.05, 4.69) is 50.5 Å². The van der Waals surface area contributed by atoms with Crippen molar-refractivity contribution in [3.63, 3.8) is 0 Å². The number of esters is 1. The molecule has 4 nitrogen and oxygen atoms in total. The van der Waals surface area contributed by atoms with Gasteiger partial charge in [0.2, 0.25) is 0 Å². The highest BCUT2D eigenvalue weighted by Gasteiger charge is 2.36. The molecule has 170 valence electrons. The number of carbonyl (C=O) groups excluding carboxylic acids is 1. The summed E-state index contributed by atoms with van der Waals surface area (Å²) in [6, 6.07) is 17.9. The summed E-state index contributed by atoms with van der Waals surface area (Å²) in [6.45, 7) is 8.88. The molecule has 3 aromatic rings. The first-order chi connectivity index (χ1) is 15.5. The van der Waals surface area contributed by atoms with E-state index in [-0.39, 0.29) is 12.1 Å². The van der Waals surface area contributed by atoms with E-state index in [4.69, 9.17) is 9.72 Å². The van der Waals surface area contributed by atoms with Crippen molar-refractivity contribution < 1.29 is 9.53 Å². The van der Waals surface area contributed by atoms with Crippen molar-refractivity contribution in [3.8, 4) is 0 Å². The Hall–Kier alpha value is -2.62. The number of benzene rings is 2. The van der Waals surface area contributed by atoms with Crippen molar-refractivity contribution in [1.29, 1.82) is 0 Å². The highest BCUT2D eigenvalue weighted by molar-refractivity contribution is 5.81. The molecule has 1 aliphatic carbocycles. The van der Waals surface area contributed by atoms with Crippen LogP contribution in [0.4, 0.5) is 0 Å². The van der Waals surface area contributed by atoms with Crippen LogP contribution in [-0.4, -0.2) is 21.6 Å². The van der Waals surface area contributed by atoms with E-state index in [0.717, 1.165) is 41.7 Å². The standard InChI is InChI=1S/C28H36N2O2/c1-5-27-29-23-13-9-10-14-24(23)30(27)25(18-21-11-7-6-8-12-21)28(31)32-26-17-20(4)15-16-22(26)19(2)3/h6-14,19-20,22,25-26H,5,15-18H2,1-4H3/t20?,22?,25-,26-/m1/s1. The van der Waals surface area contributed by atoms with E-state index in [9.17, 15) is 4.79 Å². The van der Waals surface area contributed by atoms with Gasteiger partial charge in [0.1, 0.15) is 18.0 Å². The minimum absolute atomic E-state index is 0.00983. The molecule has 2 unspecified atom stereocenters. The number of hydrogen-bond donors (Lipinski definition) is 0. The zero-order valence-corrected chi connectivity index (χ0v) is 19.8. The van der Waals surface area contributed by atoms with Gasteiger partial charge in [0, 0.05) is 12.8 Å². The Balaban J connectivity index is 1.71. The van der Waals surface area contributed by atoms with Crippen LogP contribution in [0.15, 0.2) is 54.6 Å². The van der Waals surface area contributed by atoms with Gasteiger partial charge in [-0.2, -0.15) is 0 Å². The van der Waals surface area contributed by atoms with Gasteiger partial charge >= 0.3 is 5.97 Å². The first-order valence-electron chi connectivity index (χ1n) is 12.2. The Bertz CT molecular complexity index is 1040. The predicted molar refractivity (Wildman–Crippen MR) is 130 cm³/mol. The lowest BCUT2D eigenvalue weighted by molar-refractivity contribution is -0.160. The van der Waals surface area contributed by atoms with E-state index >= 15 is 0 Å². The molecule has 1 saturated carbocycles. The Morgan fingerprint density at radius 2 is 1.81 bits per heavy atom. The molecule has 0 radical (unpaired) electrons. The third kappa shape index (κ3) is 4.74. The van der Waals surface area contributed by atoms with Crippen LogP contribution in [0.25, 0.3) is 11.0 Å². The first kappa shape index (κ1) is 22.6.